The van der Waals surface area contributed by atoms with E-state index in [0.29, 0.717) is 10.6 Å². The first-order valence-electron chi connectivity index (χ1n) is 4.81. The quantitative estimate of drug-likeness (QED) is 0.837. The molecule has 2 heterocycles. The maximum atomic E-state index is 12.0. The van der Waals surface area contributed by atoms with E-state index in [2.05, 4.69) is 9.71 Å². The molecular weight excluding hydrogens is 290 g/mol. The van der Waals surface area contributed by atoms with E-state index in [1.165, 1.54) is 18.5 Å². The van der Waals surface area contributed by atoms with Crippen molar-refractivity contribution < 1.29 is 8.42 Å². The van der Waals surface area contributed by atoms with Crippen LogP contribution >= 0.6 is 23.6 Å². The van der Waals surface area contributed by atoms with Crippen LogP contribution in [0.15, 0.2) is 40.9 Å². The highest BCUT2D eigenvalue weighted by atomic mass is 32.2. The Hall–Kier alpha value is -1.51. The van der Waals surface area contributed by atoms with Crippen molar-refractivity contribution in [1.29, 1.82) is 0 Å². The zero-order valence-corrected chi connectivity index (χ0v) is 11.5. The Morgan fingerprint density at radius 3 is 2.50 bits per heavy atom. The van der Waals surface area contributed by atoms with Gasteiger partial charge in [-0.3, -0.25) is 9.71 Å². The summed E-state index contributed by atoms with van der Waals surface area (Å²) in [6.45, 7) is 0. The van der Waals surface area contributed by atoms with Gasteiger partial charge >= 0.3 is 0 Å². The number of thiophene rings is 1. The van der Waals surface area contributed by atoms with Crippen molar-refractivity contribution in [1.82, 2.24) is 4.98 Å². The van der Waals surface area contributed by atoms with Crippen LogP contribution < -0.4 is 10.5 Å². The number of anilines is 1. The van der Waals surface area contributed by atoms with Gasteiger partial charge in [0.25, 0.3) is 10.0 Å². The molecule has 2 aromatic heterocycles. The van der Waals surface area contributed by atoms with E-state index in [0.717, 1.165) is 11.3 Å². The lowest BCUT2D eigenvalue weighted by atomic mass is 10.4. The van der Waals surface area contributed by atoms with Crippen molar-refractivity contribution in [3.05, 3.63) is 41.5 Å². The summed E-state index contributed by atoms with van der Waals surface area (Å²) in [5.41, 5.74) is 5.90. The summed E-state index contributed by atoms with van der Waals surface area (Å²) in [6, 6.07) is 6.20. The summed E-state index contributed by atoms with van der Waals surface area (Å²) in [5.74, 6) is 0. The minimum Gasteiger partial charge on any atom is -0.389 e. The van der Waals surface area contributed by atoms with Gasteiger partial charge in [-0.2, -0.15) is 0 Å². The Balaban J connectivity index is 2.28. The number of sulfonamides is 1. The zero-order chi connectivity index (χ0) is 13.2. The van der Waals surface area contributed by atoms with Gasteiger partial charge in [-0.05, 0) is 24.3 Å². The second kappa shape index (κ2) is 5.01. The Morgan fingerprint density at radius 2 is 1.94 bits per heavy atom. The molecule has 0 unspecified atom stereocenters. The van der Waals surface area contributed by atoms with Gasteiger partial charge in [0.1, 0.15) is 9.20 Å². The number of nitrogens with one attached hydrogen (secondary N) is 1. The first-order chi connectivity index (χ1) is 8.49. The maximum absolute atomic E-state index is 12.0. The molecule has 0 aliphatic rings. The molecule has 0 radical (unpaired) electrons. The van der Waals surface area contributed by atoms with Gasteiger partial charge in [0.15, 0.2) is 0 Å². The van der Waals surface area contributed by atoms with Gasteiger partial charge in [0.05, 0.1) is 10.6 Å². The van der Waals surface area contributed by atoms with Crippen molar-refractivity contribution in [2.45, 2.75) is 4.21 Å². The van der Waals surface area contributed by atoms with Crippen LogP contribution in [-0.2, 0) is 10.0 Å². The molecule has 0 bridgehead atoms. The second-order valence-corrected chi connectivity index (χ2v) is 6.76. The summed E-state index contributed by atoms with van der Waals surface area (Å²) in [5, 5.41) is 0. The second-order valence-electron chi connectivity index (χ2n) is 3.32. The number of rotatable bonds is 4. The van der Waals surface area contributed by atoms with Crippen LogP contribution in [-0.4, -0.2) is 18.4 Å². The molecule has 3 N–H and O–H groups in total. The number of hydrogen-bond donors (Lipinski definition) is 2. The van der Waals surface area contributed by atoms with Crippen LogP contribution in [0, 0.1) is 0 Å². The summed E-state index contributed by atoms with van der Waals surface area (Å²) >= 11 is 5.83. The van der Waals surface area contributed by atoms with Crippen molar-refractivity contribution in [3.8, 4) is 0 Å². The van der Waals surface area contributed by atoms with Gasteiger partial charge in [0.2, 0.25) is 0 Å². The minimum atomic E-state index is -3.60. The topological polar surface area (TPSA) is 85.1 Å². The van der Waals surface area contributed by atoms with Gasteiger partial charge in [0, 0.05) is 12.4 Å². The molecule has 0 fully saturated rings. The molecule has 0 spiro atoms. The third-order valence-corrected chi connectivity index (χ3v) is 5.36. The van der Waals surface area contributed by atoms with Crippen LogP contribution in [0.5, 0.6) is 0 Å². The number of aromatic nitrogens is 1. The van der Waals surface area contributed by atoms with Crippen LogP contribution in [0.2, 0.25) is 0 Å². The number of pyridine rings is 1. The molecule has 94 valence electrons. The fourth-order valence-electron chi connectivity index (χ4n) is 1.22. The van der Waals surface area contributed by atoms with Crippen molar-refractivity contribution in [2.75, 3.05) is 4.72 Å². The summed E-state index contributed by atoms with van der Waals surface area (Å²) in [6.07, 6.45) is 3.01. The summed E-state index contributed by atoms with van der Waals surface area (Å²) < 4.78 is 26.7. The monoisotopic (exact) mass is 299 g/mol. The van der Waals surface area contributed by atoms with Crippen LogP contribution in [0.1, 0.15) is 4.88 Å². The lowest BCUT2D eigenvalue weighted by Crippen LogP contribution is -2.11. The van der Waals surface area contributed by atoms with Gasteiger partial charge < -0.3 is 5.73 Å². The Labute approximate surface area is 114 Å². The molecule has 18 heavy (non-hydrogen) atoms. The molecule has 0 aliphatic carbocycles. The SMILES string of the molecule is NC(=S)c1ccc(S(=O)(=O)Nc2ccncc2)s1. The number of hydrogen-bond acceptors (Lipinski definition) is 5. The van der Waals surface area contributed by atoms with Crippen LogP contribution in [0.3, 0.4) is 0 Å². The number of nitrogens with zero attached hydrogens (tertiary/aromatic N) is 1. The predicted molar refractivity (Wildman–Crippen MR) is 75.3 cm³/mol. The van der Waals surface area contributed by atoms with E-state index >= 15 is 0 Å². The van der Waals surface area contributed by atoms with E-state index in [-0.39, 0.29) is 9.20 Å². The molecule has 5 nitrogen and oxygen atoms in total. The predicted octanol–water partition coefficient (Wildman–Crippen LogP) is 1.58. The lowest BCUT2D eigenvalue weighted by Gasteiger charge is -2.04. The van der Waals surface area contributed by atoms with Gasteiger partial charge in [-0.15, -0.1) is 11.3 Å². The van der Waals surface area contributed by atoms with Crippen molar-refractivity contribution >= 4 is 44.3 Å². The maximum Gasteiger partial charge on any atom is 0.271 e. The first kappa shape index (κ1) is 12.9. The standard InChI is InChI=1S/C10H9N3O2S3/c11-10(16)8-1-2-9(17-8)18(14,15)13-7-3-5-12-6-4-7/h1-6H,(H2,11,16)(H,12,13). The first-order valence-corrected chi connectivity index (χ1v) is 7.52. The molecule has 0 aliphatic heterocycles. The molecule has 8 heteroatoms. The van der Waals surface area contributed by atoms with E-state index < -0.39 is 10.0 Å². The Morgan fingerprint density at radius 1 is 1.28 bits per heavy atom. The van der Waals surface area contributed by atoms with Crippen molar-refractivity contribution in [2.24, 2.45) is 5.73 Å². The summed E-state index contributed by atoms with van der Waals surface area (Å²) in [7, 11) is -3.60. The molecular formula is C10H9N3O2S3. The lowest BCUT2D eigenvalue weighted by molar-refractivity contribution is 0.603. The average molecular weight is 299 g/mol. The third kappa shape index (κ3) is 2.84. The van der Waals surface area contributed by atoms with E-state index in [1.807, 2.05) is 0 Å². The minimum absolute atomic E-state index is 0.169. The van der Waals surface area contributed by atoms with Crippen LogP contribution in [0.25, 0.3) is 0 Å². The third-order valence-electron chi connectivity index (χ3n) is 2.02. The fraction of sp³-hybridized carbons (Fsp3) is 0. The fourth-order valence-corrected chi connectivity index (χ4v) is 3.63. The van der Waals surface area contributed by atoms with E-state index in [4.69, 9.17) is 18.0 Å². The van der Waals surface area contributed by atoms with Gasteiger partial charge in [-0.25, -0.2) is 8.42 Å². The smallest absolute Gasteiger partial charge is 0.271 e. The number of thiocarbonyl (C=S) groups is 1. The molecule has 0 amide bonds. The molecule has 2 aromatic rings. The number of nitrogens with two attached hydrogens (primary N) is 1. The Bertz CT molecular complexity index is 665. The largest absolute Gasteiger partial charge is 0.389 e. The highest BCUT2D eigenvalue weighted by Gasteiger charge is 2.17. The highest BCUT2D eigenvalue weighted by Crippen LogP contribution is 2.23. The average Bonchev–Trinajstić information content (AvgIpc) is 2.79. The molecule has 0 saturated heterocycles. The van der Waals surface area contributed by atoms with E-state index in [9.17, 15) is 8.42 Å². The molecule has 0 aromatic carbocycles. The van der Waals surface area contributed by atoms with Crippen LogP contribution in [0.4, 0.5) is 5.69 Å². The molecule has 2 rings (SSSR count). The molecule has 0 atom stereocenters. The normalized spacial score (nSPS) is 11.1. The Kier molecular flexibility index (Phi) is 3.60. The van der Waals surface area contributed by atoms with Gasteiger partial charge in [-0.1, -0.05) is 12.2 Å². The van der Waals surface area contributed by atoms with E-state index in [1.54, 1.807) is 18.2 Å². The zero-order valence-electron chi connectivity index (χ0n) is 9.03. The summed E-state index contributed by atoms with van der Waals surface area (Å²) in [4.78, 5) is 4.56. The highest BCUT2D eigenvalue weighted by molar-refractivity contribution is 7.94. The van der Waals surface area contributed by atoms with Crippen molar-refractivity contribution in [3.63, 3.8) is 0 Å². The molecule has 0 saturated carbocycles.